The highest BCUT2D eigenvalue weighted by Gasteiger charge is 2.29. The van der Waals surface area contributed by atoms with Crippen molar-refractivity contribution in [3.05, 3.63) is 71.7 Å². The number of aromatic nitrogens is 2. The predicted octanol–water partition coefficient (Wildman–Crippen LogP) is 2.23. The highest BCUT2D eigenvalue weighted by atomic mass is 16.5. The summed E-state index contributed by atoms with van der Waals surface area (Å²) in [6.07, 6.45) is 1.21. The summed E-state index contributed by atoms with van der Waals surface area (Å²) in [5, 5.41) is 0.836. The maximum absolute atomic E-state index is 13.5. The molecule has 8 heteroatoms. The molecule has 8 nitrogen and oxygen atoms in total. The van der Waals surface area contributed by atoms with Gasteiger partial charge in [-0.2, -0.15) is 0 Å². The Morgan fingerprint density at radius 2 is 1.73 bits per heavy atom. The summed E-state index contributed by atoms with van der Waals surface area (Å²) in [7, 11) is 2.07. The molecule has 4 heterocycles. The molecule has 2 aliphatic rings. The van der Waals surface area contributed by atoms with Crippen molar-refractivity contribution in [2.75, 3.05) is 52.9 Å². The number of rotatable bonds is 3. The molecular weight excluding hydrogens is 418 g/mol. The molecule has 0 aliphatic carbocycles. The third kappa shape index (κ3) is 4.44. The highest BCUT2D eigenvalue weighted by molar-refractivity contribution is 6.06. The Balaban J connectivity index is 1.44. The molecule has 0 N–H and O–H groups in total. The normalized spacial score (nSPS) is 19.6. The molecule has 0 radical (unpaired) electrons. The van der Waals surface area contributed by atoms with E-state index in [4.69, 9.17) is 9.72 Å². The van der Waals surface area contributed by atoms with Gasteiger partial charge in [0.05, 0.1) is 29.9 Å². The number of benzene rings is 1. The molecule has 2 fully saturated rings. The maximum Gasteiger partial charge on any atom is 0.272 e. The second-order valence-corrected chi connectivity index (χ2v) is 8.53. The SMILES string of the molecule is CN1CCN(C(=O)c2cc([C@@H]3CN(C(=O)c4ccccn4)CCO3)nc3ccccc23)CC1. The molecule has 2 aromatic heterocycles. The van der Waals surface area contributed by atoms with E-state index in [-0.39, 0.29) is 11.8 Å². The molecule has 2 saturated heterocycles. The van der Waals surface area contributed by atoms with E-state index < -0.39 is 6.10 Å². The number of likely N-dealkylation sites (N-methyl/N-ethyl adjacent to an activating group) is 1. The summed E-state index contributed by atoms with van der Waals surface area (Å²) in [6, 6.07) is 14.9. The molecule has 0 bridgehead atoms. The van der Waals surface area contributed by atoms with Gasteiger partial charge >= 0.3 is 0 Å². The van der Waals surface area contributed by atoms with Gasteiger partial charge in [0, 0.05) is 44.3 Å². The molecule has 3 aromatic rings. The number of carbonyl (C=O) groups excluding carboxylic acids is 2. The quantitative estimate of drug-likeness (QED) is 0.615. The van der Waals surface area contributed by atoms with Gasteiger partial charge < -0.3 is 19.4 Å². The maximum atomic E-state index is 13.5. The van der Waals surface area contributed by atoms with Crippen molar-refractivity contribution in [2.24, 2.45) is 0 Å². The first-order valence-corrected chi connectivity index (χ1v) is 11.3. The van der Waals surface area contributed by atoms with Crippen LogP contribution in [0.1, 0.15) is 32.6 Å². The number of hydrogen-bond acceptors (Lipinski definition) is 6. The number of fused-ring (bicyclic) bond motifs is 1. The standard InChI is InChI=1S/C25H27N5O3/c1-28-10-12-29(13-11-28)24(31)19-16-22(27-20-7-3-2-6-18(19)20)23-17-30(14-15-33-23)25(32)21-8-4-5-9-26-21/h2-9,16,23H,10-15,17H2,1H3/t23-/m0/s1. The molecule has 170 valence electrons. The average Bonchev–Trinajstić information content (AvgIpc) is 2.88. The summed E-state index contributed by atoms with van der Waals surface area (Å²) >= 11 is 0. The molecule has 5 rings (SSSR count). The van der Waals surface area contributed by atoms with Crippen LogP contribution in [0.25, 0.3) is 10.9 Å². The first kappa shape index (κ1) is 21.5. The lowest BCUT2D eigenvalue weighted by Crippen LogP contribution is -2.47. The van der Waals surface area contributed by atoms with Crippen molar-refractivity contribution >= 4 is 22.7 Å². The van der Waals surface area contributed by atoms with E-state index in [1.807, 2.05) is 35.2 Å². The van der Waals surface area contributed by atoms with Crippen LogP contribution in [-0.4, -0.2) is 89.4 Å². The van der Waals surface area contributed by atoms with Gasteiger partial charge in [-0.15, -0.1) is 0 Å². The topological polar surface area (TPSA) is 78.9 Å². The fourth-order valence-electron chi connectivity index (χ4n) is 4.38. The third-order valence-electron chi connectivity index (χ3n) is 6.32. The molecule has 1 atom stereocenters. The van der Waals surface area contributed by atoms with Crippen LogP contribution >= 0.6 is 0 Å². The van der Waals surface area contributed by atoms with Gasteiger partial charge in [0.2, 0.25) is 0 Å². The average molecular weight is 446 g/mol. The number of ether oxygens (including phenoxy) is 1. The van der Waals surface area contributed by atoms with Crippen molar-refractivity contribution in [1.29, 1.82) is 0 Å². The molecule has 0 unspecified atom stereocenters. The number of carbonyl (C=O) groups is 2. The van der Waals surface area contributed by atoms with E-state index in [0.717, 1.165) is 24.0 Å². The monoisotopic (exact) mass is 445 g/mol. The fourth-order valence-corrected chi connectivity index (χ4v) is 4.38. The second kappa shape index (κ2) is 9.25. The lowest BCUT2D eigenvalue weighted by atomic mass is 10.0. The van der Waals surface area contributed by atoms with Crippen LogP contribution in [0.3, 0.4) is 0 Å². The highest BCUT2D eigenvalue weighted by Crippen LogP contribution is 2.27. The van der Waals surface area contributed by atoms with Gasteiger partial charge in [0.15, 0.2) is 0 Å². The minimum atomic E-state index is -0.407. The van der Waals surface area contributed by atoms with Crippen LogP contribution in [0, 0.1) is 0 Å². The Morgan fingerprint density at radius 1 is 0.939 bits per heavy atom. The van der Waals surface area contributed by atoms with Crippen LogP contribution in [0.15, 0.2) is 54.7 Å². The zero-order valence-electron chi connectivity index (χ0n) is 18.7. The van der Waals surface area contributed by atoms with E-state index >= 15 is 0 Å². The van der Waals surface area contributed by atoms with Gasteiger partial charge in [-0.05, 0) is 31.3 Å². The number of morpholine rings is 1. The first-order valence-electron chi connectivity index (χ1n) is 11.3. The number of nitrogens with zero attached hydrogens (tertiary/aromatic N) is 5. The van der Waals surface area contributed by atoms with Gasteiger partial charge in [-0.3, -0.25) is 14.6 Å². The Kier molecular flexibility index (Phi) is 6.02. The lowest BCUT2D eigenvalue weighted by Gasteiger charge is -2.34. The zero-order valence-corrected chi connectivity index (χ0v) is 18.7. The minimum Gasteiger partial charge on any atom is -0.368 e. The smallest absolute Gasteiger partial charge is 0.272 e. The Bertz CT molecular complexity index is 1160. The predicted molar refractivity (Wildman–Crippen MR) is 124 cm³/mol. The van der Waals surface area contributed by atoms with E-state index in [1.165, 1.54) is 0 Å². The van der Waals surface area contributed by atoms with Crippen molar-refractivity contribution in [2.45, 2.75) is 6.10 Å². The van der Waals surface area contributed by atoms with Crippen LogP contribution < -0.4 is 0 Å². The molecule has 2 aliphatic heterocycles. The number of para-hydroxylation sites is 1. The van der Waals surface area contributed by atoms with Crippen LogP contribution in [0.5, 0.6) is 0 Å². The van der Waals surface area contributed by atoms with Crippen LogP contribution in [-0.2, 0) is 4.74 Å². The molecular formula is C25H27N5O3. The molecule has 0 saturated carbocycles. The number of amides is 2. The van der Waals surface area contributed by atoms with Gasteiger partial charge in [-0.25, -0.2) is 4.98 Å². The van der Waals surface area contributed by atoms with Crippen molar-refractivity contribution in [3.8, 4) is 0 Å². The summed E-state index contributed by atoms with van der Waals surface area (Å²) < 4.78 is 6.02. The van der Waals surface area contributed by atoms with Gasteiger partial charge in [-0.1, -0.05) is 24.3 Å². The summed E-state index contributed by atoms with van der Waals surface area (Å²) in [5.74, 6) is -0.112. The number of piperazine rings is 1. The third-order valence-corrected chi connectivity index (χ3v) is 6.32. The number of hydrogen-bond donors (Lipinski definition) is 0. The Morgan fingerprint density at radius 3 is 2.52 bits per heavy atom. The molecule has 0 spiro atoms. The van der Waals surface area contributed by atoms with E-state index in [2.05, 4.69) is 16.9 Å². The van der Waals surface area contributed by atoms with Crippen molar-refractivity contribution < 1.29 is 14.3 Å². The van der Waals surface area contributed by atoms with Crippen LogP contribution in [0.4, 0.5) is 0 Å². The molecule has 33 heavy (non-hydrogen) atoms. The molecule has 2 amide bonds. The van der Waals surface area contributed by atoms with Crippen molar-refractivity contribution in [3.63, 3.8) is 0 Å². The first-order chi connectivity index (χ1) is 16.1. The lowest BCUT2D eigenvalue weighted by molar-refractivity contribution is -0.0248. The van der Waals surface area contributed by atoms with E-state index in [0.29, 0.717) is 49.7 Å². The molecule has 1 aromatic carbocycles. The number of pyridine rings is 2. The van der Waals surface area contributed by atoms with Crippen LogP contribution in [0.2, 0.25) is 0 Å². The largest absolute Gasteiger partial charge is 0.368 e. The van der Waals surface area contributed by atoms with Gasteiger partial charge in [0.1, 0.15) is 11.8 Å². The van der Waals surface area contributed by atoms with E-state index in [9.17, 15) is 9.59 Å². The van der Waals surface area contributed by atoms with Gasteiger partial charge in [0.25, 0.3) is 11.8 Å². The van der Waals surface area contributed by atoms with E-state index in [1.54, 1.807) is 29.3 Å². The zero-order chi connectivity index (χ0) is 22.8. The fraction of sp³-hybridized carbons (Fsp3) is 0.360. The summed E-state index contributed by atoms with van der Waals surface area (Å²) in [4.78, 5) is 41.3. The minimum absolute atomic E-state index is 0.0141. The second-order valence-electron chi connectivity index (χ2n) is 8.53. The Labute approximate surface area is 192 Å². The van der Waals surface area contributed by atoms with Crippen molar-refractivity contribution in [1.82, 2.24) is 24.7 Å². The Hall–Kier alpha value is -3.36. The summed E-state index contributed by atoms with van der Waals surface area (Å²) in [6.45, 7) is 4.38. The summed E-state index contributed by atoms with van der Waals surface area (Å²) in [5.41, 5.74) is 2.47.